The molecule has 6 aromatic rings. The fourth-order valence-corrected chi connectivity index (χ4v) is 8.83. The van der Waals surface area contributed by atoms with E-state index in [1.165, 1.54) is 54.6 Å². The summed E-state index contributed by atoms with van der Waals surface area (Å²) in [5.74, 6) is -5.04. The van der Waals surface area contributed by atoms with Crippen LogP contribution in [0.4, 0.5) is 0 Å². The van der Waals surface area contributed by atoms with E-state index in [0.717, 1.165) is 0 Å². The second kappa shape index (κ2) is 19.5. The van der Waals surface area contributed by atoms with Crippen molar-refractivity contribution >= 4 is 47.8 Å². The van der Waals surface area contributed by atoms with E-state index in [9.17, 15) is 48.6 Å². The molecule has 0 fully saturated rings. The van der Waals surface area contributed by atoms with Gasteiger partial charge in [-0.25, -0.2) is 19.2 Å². The summed E-state index contributed by atoms with van der Waals surface area (Å²) >= 11 is 0. The van der Waals surface area contributed by atoms with Crippen molar-refractivity contribution < 1.29 is 86.5 Å². The normalized spacial score (nSPS) is 14.3. The molecule has 0 atom stereocenters. The van der Waals surface area contributed by atoms with Gasteiger partial charge in [0.15, 0.2) is 11.2 Å². The topological polar surface area (TPSA) is 251 Å². The van der Waals surface area contributed by atoms with Crippen LogP contribution >= 0.6 is 0 Å². The van der Waals surface area contributed by atoms with Gasteiger partial charge in [0.25, 0.3) is 0 Å². The number of carboxylic acids is 2. The van der Waals surface area contributed by atoms with E-state index in [1.807, 2.05) is 0 Å². The molecule has 4 heterocycles. The molecule has 2 spiro atoms. The third-order valence-electron chi connectivity index (χ3n) is 12.8. The van der Waals surface area contributed by atoms with Gasteiger partial charge in [-0.1, -0.05) is 61.5 Å². The molecule has 0 aromatic heterocycles. The third-order valence-corrected chi connectivity index (χ3v) is 12.8. The molecule has 0 unspecified atom stereocenters. The van der Waals surface area contributed by atoms with Gasteiger partial charge in [0.1, 0.15) is 46.0 Å². The van der Waals surface area contributed by atoms with Gasteiger partial charge >= 0.3 is 47.8 Å². The molecular formula is C58H48O18. The van der Waals surface area contributed by atoms with Crippen molar-refractivity contribution in [2.45, 2.75) is 66.6 Å². The molecule has 0 amide bonds. The van der Waals surface area contributed by atoms with Crippen molar-refractivity contribution in [3.8, 4) is 46.0 Å². The number of fused-ring (bicyclic) bond motifs is 12. The summed E-state index contributed by atoms with van der Waals surface area (Å²) in [7, 11) is 0. The summed E-state index contributed by atoms with van der Waals surface area (Å²) in [6, 6.07) is 27.2. The number of ether oxygens (including phenoxy) is 8. The molecule has 18 nitrogen and oxygen atoms in total. The van der Waals surface area contributed by atoms with E-state index in [4.69, 9.17) is 37.9 Å². The molecular weight excluding hydrogens is 985 g/mol. The Morgan fingerprint density at radius 3 is 1.03 bits per heavy atom. The van der Waals surface area contributed by atoms with Crippen LogP contribution in [-0.4, -0.2) is 58.0 Å². The molecule has 388 valence electrons. The van der Waals surface area contributed by atoms with Crippen LogP contribution in [0.1, 0.15) is 130 Å². The molecule has 10 rings (SSSR count). The number of hydrogen-bond acceptors (Lipinski definition) is 16. The average molecular weight is 1030 g/mol. The zero-order valence-corrected chi connectivity index (χ0v) is 42.1. The Labute approximate surface area is 434 Å². The van der Waals surface area contributed by atoms with Crippen molar-refractivity contribution in [3.63, 3.8) is 0 Å². The second-order valence-electron chi connectivity index (χ2n) is 19.4. The predicted molar refractivity (Wildman–Crippen MR) is 265 cm³/mol. The number of benzene rings is 6. The number of aromatic carboxylic acids is 2. The molecule has 18 heteroatoms. The van der Waals surface area contributed by atoms with E-state index < -0.39 is 59.0 Å². The predicted octanol–water partition coefficient (Wildman–Crippen LogP) is 10.2. The van der Waals surface area contributed by atoms with Crippen LogP contribution in [0.3, 0.4) is 0 Å². The molecule has 4 aliphatic rings. The van der Waals surface area contributed by atoms with E-state index >= 15 is 0 Å². The Morgan fingerprint density at radius 1 is 0.382 bits per heavy atom. The minimum atomic E-state index is -1.55. The average Bonchev–Trinajstić information content (AvgIpc) is 3.85. The molecule has 0 aliphatic carbocycles. The van der Waals surface area contributed by atoms with Gasteiger partial charge in [0.2, 0.25) is 0 Å². The highest BCUT2D eigenvalue weighted by atomic mass is 16.6. The van der Waals surface area contributed by atoms with Crippen molar-refractivity contribution in [1.29, 1.82) is 0 Å². The third kappa shape index (κ3) is 9.00. The quantitative estimate of drug-likeness (QED) is 0.0956. The zero-order valence-electron chi connectivity index (χ0n) is 42.1. The summed E-state index contributed by atoms with van der Waals surface area (Å²) in [6.45, 7) is 13.7. The lowest BCUT2D eigenvalue weighted by atomic mass is 9.77. The lowest BCUT2D eigenvalue weighted by Crippen LogP contribution is -2.33. The standard InChI is InChI=1S/2C29H24O9/c1-14(2)26(32)35-17-6-9-21-23(12-17)37-24-13-18(36-27(33)15(3)4)7-10-22(24)29(21)20-8-5-16(25(30)31)11-19(20)28(34)38-29;1-14(2)26(32)35-17-6-9-20-23(12-17)37-24-13-18(36-27(33)15(3)4)7-10-21(24)29(20)22-11-16(25(30)31)5-8-19(22)28(34)38-29/h2*5-15H,1-4H3,(H,30,31). The van der Waals surface area contributed by atoms with E-state index in [0.29, 0.717) is 33.4 Å². The van der Waals surface area contributed by atoms with Crippen LogP contribution in [0.15, 0.2) is 109 Å². The van der Waals surface area contributed by atoms with Crippen LogP contribution in [0.2, 0.25) is 0 Å². The first-order chi connectivity index (χ1) is 36.0. The summed E-state index contributed by atoms with van der Waals surface area (Å²) in [4.78, 5) is 98.3. The molecule has 0 saturated carbocycles. The lowest BCUT2D eigenvalue weighted by molar-refractivity contribution is -0.138. The summed E-state index contributed by atoms with van der Waals surface area (Å²) in [5, 5.41) is 19.1. The summed E-state index contributed by atoms with van der Waals surface area (Å²) in [5.41, 5.74) is -0.314. The van der Waals surface area contributed by atoms with Gasteiger partial charge in [-0.05, 0) is 78.9 Å². The Hall–Kier alpha value is -9.32. The number of rotatable bonds is 10. The highest BCUT2D eigenvalue weighted by Gasteiger charge is 2.55. The minimum absolute atomic E-state index is 0.0269. The van der Waals surface area contributed by atoms with Gasteiger partial charge in [-0.15, -0.1) is 0 Å². The van der Waals surface area contributed by atoms with Crippen molar-refractivity contribution in [3.05, 3.63) is 165 Å². The van der Waals surface area contributed by atoms with Crippen LogP contribution in [-0.2, 0) is 39.9 Å². The monoisotopic (exact) mass is 1030 g/mol. The van der Waals surface area contributed by atoms with Gasteiger partial charge in [-0.3, -0.25) is 19.2 Å². The maximum absolute atomic E-state index is 13.1. The zero-order chi connectivity index (χ0) is 54.7. The molecule has 76 heavy (non-hydrogen) atoms. The highest BCUT2D eigenvalue weighted by molar-refractivity contribution is 6.01. The molecule has 0 radical (unpaired) electrons. The molecule has 0 saturated heterocycles. The van der Waals surface area contributed by atoms with Gasteiger partial charge < -0.3 is 48.1 Å². The first kappa shape index (κ1) is 51.6. The first-order valence-corrected chi connectivity index (χ1v) is 24.0. The van der Waals surface area contributed by atoms with Crippen LogP contribution in [0.25, 0.3) is 0 Å². The van der Waals surface area contributed by atoms with Crippen LogP contribution < -0.4 is 28.4 Å². The second-order valence-corrected chi connectivity index (χ2v) is 19.4. The number of hydrogen-bond donors (Lipinski definition) is 2. The maximum Gasteiger partial charge on any atom is 0.340 e. The highest BCUT2D eigenvalue weighted by Crippen LogP contribution is 2.59. The summed E-state index contributed by atoms with van der Waals surface area (Å²) < 4.78 is 46.2. The van der Waals surface area contributed by atoms with Crippen molar-refractivity contribution in [1.82, 2.24) is 0 Å². The molecule has 4 aliphatic heterocycles. The van der Waals surface area contributed by atoms with Gasteiger partial charge in [0.05, 0.1) is 45.9 Å². The molecule has 6 aromatic carbocycles. The molecule has 2 N–H and O–H groups in total. The van der Waals surface area contributed by atoms with Gasteiger partial charge in [0, 0.05) is 57.6 Å². The van der Waals surface area contributed by atoms with Crippen LogP contribution in [0, 0.1) is 23.7 Å². The number of carbonyl (C=O) groups is 8. The van der Waals surface area contributed by atoms with Gasteiger partial charge in [-0.2, -0.15) is 0 Å². The Balaban J connectivity index is 0.000000186. The van der Waals surface area contributed by atoms with Crippen molar-refractivity contribution in [2.75, 3.05) is 0 Å². The fraction of sp³-hybridized carbons (Fsp3) is 0.241. The number of carboxylic acid groups (broad SMARTS) is 2. The van der Waals surface area contributed by atoms with Crippen molar-refractivity contribution in [2.24, 2.45) is 23.7 Å². The SMILES string of the molecule is CC(C)C(=O)Oc1ccc2c(c1)Oc1cc(OC(=O)C(C)C)ccc1C21OC(=O)c2cc(C(=O)O)ccc21.CC(C)C(=O)Oc1ccc2c(c1)Oc1cc(OC(=O)C(C)C)ccc1C21OC(=O)c2ccc(C(=O)O)cc21. The van der Waals surface area contributed by atoms with E-state index in [2.05, 4.69) is 0 Å². The lowest BCUT2D eigenvalue weighted by Gasteiger charge is -2.36. The number of carbonyl (C=O) groups excluding carboxylic acids is 6. The first-order valence-electron chi connectivity index (χ1n) is 24.0. The Bertz CT molecular complexity index is 3350. The summed E-state index contributed by atoms with van der Waals surface area (Å²) in [6.07, 6.45) is 0. The molecule has 0 bridgehead atoms. The smallest absolute Gasteiger partial charge is 0.340 e. The largest absolute Gasteiger partial charge is 0.478 e. The van der Waals surface area contributed by atoms with E-state index in [-0.39, 0.29) is 91.9 Å². The van der Waals surface area contributed by atoms with E-state index in [1.54, 1.807) is 110 Å². The van der Waals surface area contributed by atoms with Crippen LogP contribution in [0.5, 0.6) is 46.0 Å². The minimum Gasteiger partial charge on any atom is -0.478 e. The fourth-order valence-electron chi connectivity index (χ4n) is 8.83. The Kier molecular flexibility index (Phi) is 13.2. The number of esters is 6. The Morgan fingerprint density at radius 2 is 0.684 bits per heavy atom. The maximum atomic E-state index is 13.1.